The number of hydrogen-bond donors (Lipinski definition) is 2. The van der Waals surface area contributed by atoms with Gasteiger partial charge in [0.25, 0.3) is 0 Å². The minimum atomic E-state index is -0.0115. The summed E-state index contributed by atoms with van der Waals surface area (Å²) in [5.74, 6) is 0.347. The fourth-order valence-electron chi connectivity index (χ4n) is 1.40. The highest BCUT2D eigenvalue weighted by Gasteiger charge is 2.23. The Kier molecular flexibility index (Phi) is 2.91. The van der Waals surface area contributed by atoms with Crippen molar-refractivity contribution in [2.24, 2.45) is 0 Å². The zero-order valence-corrected chi connectivity index (χ0v) is 9.23. The van der Waals surface area contributed by atoms with Crippen molar-refractivity contribution in [2.75, 3.05) is 0 Å². The van der Waals surface area contributed by atoms with Crippen LogP contribution in [0.15, 0.2) is 23.1 Å². The van der Waals surface area contributed by atoms with Crippen molar-refractivity contribution in [1.82, 2.24) is 0 Å². The molecule has 0 saturated heterocycles. The number of rotatable bonds is 2. The lowest BCUT2D eigenvalue weighted by molar-refractivity contribution is 0.422. The van der Waals surface area contributed by atoms with E-state index in [1.807, 2.05) is 12.1 Å². The van der Waals surface area contributed by atoms with Gasteiger partial charge in [-0.1, -0.05) is 26.8 Å². The molecular formula is C11H16OS. The van der Waals surface area contributed by atoms with Crippen LogP contribution in [-0.4, -0.2) is 5.11 Å². The van der Waals surface area contributed by atoms with Crippen LogP contribution in [0.25, 0.3) is 0 Å². The molecule has 0 aromatic heterocycles. The predicted molar refractivity (Wildman–Crippen MR) is 58.7 cm³/mol. The van der Waals surface area contributed by atoms with E-state index in [0.717, 1.165) is 16.9 Å². The van der Waals surface area contributed by atoms with Crippen molar-refractivity contribution in [3.05, 3.63) is 23.8 Å². The number of phenols is 1. The molecule has 0 bridgehead atoms. The van der Waals surface area contributed by atoms with Gasteiger partial charge in [-0.15, -0.1) is 12.6 Å². The molecule has 1 aromatic carbocycles. The van der Waals surface area contributed by atoms with Gasteiger partial charge < -0.3 is 5.11 Å². The number of thiol groups is 1. The molecule has 0 heterocycles. The van der Waals surface area contributed by atoms with E-state index in [1.54, 1.807) is 6.07 Å². The summed E-state index contributed by atoms with van der Waals surface area (Å²) in [5, 5.41) is 9.71. The second-order valence-corrected chi connectivity index (χ2v) is 4.39. The fourth-order valence-corrected chi connectivity index (χ4v) is 1.90. The molecule has 0 aliphatic carbocycles. The fraction of sp³-hybridized carbons (Fsp3) is 0.455. The first-order chi connectivity index (χ1) is 5.99. The highest BCUT2D eigenvalue weighted by Crippen LogP contribution is 2.37. The Labute approximate surface area is 85.2 Å². The van der Waals surface area contributed by atoms with Crippen molar-refractivity contribution in [3.63, 3.8) is 0 Å². The van der Waals surface area contributed by atoms with Gasteiger partial charge in [-0.3, -0.25) is 0 Å². The van der Waals surface area contributed by atoms with E-state index in [-0.39, 0.29) is 5.41 Å². The molecule has 0 atom stereocenters. The third-order valence-electron chi connectivity index (χ3n) is 2.58. The van der Waals surface area contributed by atoms with E-state index in [0.29, 0.717) is 5.75 Å². The summed E-state index contributed by atoms with van der Waals surface area (Å²) < 4.78 is 0. The first kappa shape index (κ1) is 10.5. The quantitative estimate of drug-likeness (QED) is 0.695. The first-order valence-electron chi connectivity index (χ1n) is 4.50. The van der Waals surface area contributed by atoms with Crippen molar-refractivity contribution in [3.8, 4) is 5.75 Å². The lowest BCUT2D eigenvalue weighted by Crippen LogP contribution is -2.16. The Balaban J connectivity index is 3.28. The smallest absolute Gasteiger partial charge is 0.120 e. The summed E-state index contributed by atoms with van der Waals surface area (Å²) in [6.07, 6.45) is 0.984. The summed E-state index contributed by atoms with van der Waals surface area (Å²) in [6, 6.07) is 5.44. The highest BCUT2D eigenvalue weighted by molar-refractivity contribution is 7.80. The standard InChI is InChI=1S/C11H16OS/c1-4-11(2,3)10-8(12)6-5-7-9(10)13/h5-7,12-13H,4H2,1-3H3. The maximum Gasteiger partial charge on any atom is 0.120 e. The summed E-state index contributed by atoms with van der Waals surface area (Å²) in [4.78, 5) is 0.867. The van der Waals surface area contributed by atoms with Crippen LogP contribution >= 0.6 is 12.6 Å². The maximum absolute atomic E-state index is 9.71. The lowest BCUT2D eigenvalue weighted by Gasteiger charge is -2.25. The second kappa shape index (κ2) is 3.62. The summed E-state index contributed by atoms with van der Waals surface area (Å²) in [6.45, 7) is 6.34. The predicted octanol–water partition coefficient (Wildman–Crippen LogP) is 3.37. The molecule has 1 aromatic rings. The average Bonchev–Trinajstić information content (AvgIpc) is 2.03. The minimum absolute atomic E-state index is 0.0115. The van der Waals surface area contributed by atoms with Gasteiger partial charge in [0.1, 0.15) is 5.75 Å². The van der Waals surface area contributed by atoms with Gasteiger partial charge in [0, 0.05) is 10.5 Å². The van der Waals surface area contributed by atoms with Crippen LogP contribution in [0.1, 0.15) is 32.8 Å². The normalized spacial score (nSPS) is 11.7. The second-order valence-electron chi connectivity index (χ2n) is 3.91. The third kappa shape index (κ3) is 1.99. The molecule has 0 spiro atoms. The maximum atomic E-state index is 9.71. The van der Waals surface area contributed by atoms with Gasteiger partial charge in [0.15, 0.2) is 0 Å². The molecule has 0 fully saturated rings. The van der Waals surface area contributed by atoms with Gasteiger partial charge >= 0.3 is 0 Å². The van der Waals surface area contributed by atoms with Gasteiger partial charge in [-0.2, -0.15) is 0 Å². The summed E-state index contributed by atoms with van der Waals surface area (Å²) in [7, 11) is 0. The Morgan fingerprint density at radius 1 is 1.38 bits per heavy atom. The van der Waals surface area contributed by atoms with E-state index < -0.39 is 0 Å². The lowest BCUT2D eigenvalue weighted by atomic mass is 9.81. The van der Waals surface area contributed by atoms with Crippen LogP contribution in [0.5, 0.6) is 5.75 Å². The Hall–Kier alpha value is -0.630. The molecule has 0 aliphatic rings. The number of phenolic OH excluding ortho intramolecular Hbond substituents is 1. The van der Waals surface area contributed by atoms with Crippen molar-refractivity contribution >= 4 is 12.6 Å². The van der Waals surface area contributed by atoms with Crippen molar-refractivity contribution in [2.45, 2.75) is 37.5 Å². The van der Waals surface area contributed by atoms with Crippen LogP contribution in [0.4, 0.5) is 0 Å². The number of benzene rings is 1. The van der Waals surface area contributed by atoms with Gasteiger partial charge in [0.2, 0.25) is 0 Å². The van der Waals surface area contributed by atoms with E-state index in [9.17, 15) is 5.11 Å². The van der Waals surface area contributed by atoms with Crippen LogP contribution in [0.3, 0.4) is 0 Å². The van der Waals surface area contributed by atoms with Crippen molar-refractivity contribution in [1.29, 1.82) is 0 Å². The summed E-state index contributed by atoms with van der Waals surface area (Å²) in [5.41, 5.74) is 0.934. The van der Waals surface area contributed by atoms with E-state index in [4.69, 9.17) is 0 Å². The molecule has 1 N–H and O–H groups in total. The molecular weight excluding hydrogens is 180 g/mol. The molecule has 72 valence electrons. The van der Waals surface area contributed by atoms with E-state index in [2.05, 4.69) is 33.4 Å². The third-order valence-corrected chi connectivity index (χ3v) is 2.95. The average molecular weight is 196 g/mol. The largest absolute Gasteiger partial charge is 0.508 e. The minimum Gasteiger partial charge on any atom is -0.508 e. The van der Waals surface area contributed by atoms with Crippen molar-refractivity contribution < 1.29 is 5.11 Å². The summed E-state index contributed by atoms with van der Waals surface area (Å²) >= 11 is 4.36. The molecule has 0 radical (unpaired) electrons. The Morgan fingerprint density at radius 3 is 2.46 bits per heavy atom. The number of aromatic hydroxyl groups is 1. The van der Waals surface area contributed by atoms with Gasteiger partial charge in [0.05, 0.1) is 0 Å². The van der Waals surface area contributed by atoms with Crippen LogP contribution in [0, 0.1) is 0 Å². The molecule has 2 heteroatoms. The van der Waals surface area contributed by atoms with E-state index in [1.165, 1.54) is 0 Å². The Bertz CT molecular complexity index is 285. The zero-order valence-electron chi connectivity index (χ0n) is 8.33. The topological polar surface area (TPSA) is 20.2 Å². The molecule has 0 saturated carbocycles. The van der Waals surface area contributed by atoms with Gasteiger partial charge in [-0.25, -0.2) is 0 Å². The molecule has 1 rings (SSSR count). The van der Waals surface area contributed by atoms with Crippen LogP contribution < -0.4 is 0 Å². The monoisotopic (exact) mass is 196 g/mol. The van der Waals surface area contributed by atoms with Crippen LogP contribution in [-0.2, 0) is 5.41 Å². The zero-order chi connectivity index (χ0) is 10.1. The van der Waals surface area contributed by atoms with E-state index >= 15 is 0 Å². The SMILES string of the molecule is CCC(C)(C)c1c(O)cccc1S. The molecule has 1 nitrogen and oxygen atoms in total. The molecule has 0 unspecified atom stereocenters. The van der Waals surface area contributed by atoms with Gasteiger partial charge in [-0.05, 0) is 24.0 Å². The van der Waals surface area contributed by atoms with Crippen LogP contribution in [0.2, 0.25) is 0 Å². The molecule has 0 aliphatic heterocycles. The molecule has 0 amide bonds. The Morgan fingerprint density at radius 2 is 2.00 bits per heavy atom. The highest BCUT2D eigenvalue weighted by atomic mass is 32.1. The molecule has 13 heavy (non-hydrogen) atoms. The number of hydrogen-bond acceptors (Lipinski definition) is 2. The first-order valence-corrected chi connectivity index (χ1v) is 4.95.